The van der Waals surface area contributed by atoms with Gasteiger partial charge in [0.05, 0.1) is 0 Å². The summed E-state index contributed by atoms with van der Waals surface area (Å²) < 4.78 is 0. The van der Waals surface area contributed by atoms with Gasteiger partial charge in [0.25, 0.3) is 5.91 Å². The van der Waals surface area contributed by atoms with Gasteiger partial charge in [0, 0.05) is 12.1 Å². The molecule has 0 bridgehead atoms. The molecule has 0 aliphatic rings. The predicted molar refractivity (Wildman–Crippen MR) is 57.0 cm³/mol. The standard InChI is InChI=1S/C11H16N2O/c1-3-9-6-5-7-10(8-9)11(14)13-12-4-2/h5-8,12H,3-4H2,1-2H3,(H,13,14). The number of hydrazine groups is 1. The van der Waals surface area contributed by atoms with Gasteiger partial charge < -0.3 is 0 Å². The van der Waals surface area contributed by atoms with Crippen LogP contribution in [-0.4, -0.2) is 12.5 Å². The molecule has 0 saturated carbocycles. The summed E-state index contributed by atoms with van der Waals surface area (Å²) in [6.07, 6.45) is 0.947. The Kier molecular flexibility index (Phi) is 4.13. The Balaban J connectivity index is 2.69. The van der Waals surface area contributed by atoms with E-state index in [1.54, 1.807) is 0 Å². The van der Waals surface area contributed by atoms with Gasteiger partial charge >= 0.3 is 0 Å². The van der Waals surface area contributed by atoms with E-state index >= 15 is 0 Å². The normalized spacial score (nSPS) is 9.86. The van der Waals surface area contributed by atoms with Gasteiger partial charge in [-0.2, -0.15) is 0 Å². The molecule has 1 aromatic rings. The van der Waals surface area contributed by atoms with Crippen molar-refractivity contribution in [2.75, 3.05) is 6.54 Å². The summed E-state index contributed by atoms with van der Waals surface area (Å²) in [5.74, 6) is -0.0813. The molecule has 0 saturated heterocycles. The van der Waals surface area contributed by atoms with Crippen molar-refractivity contribution in [3.05, 3.63) is 35.4 Å². The molecule has 1 rings (SSSR count). The number of amides is 1. The molecule has 0 radical (unpaired) electrons. The van der Waals surface area contributed by atoms with E-state index in [1.807, 2.05) is 31.2 Å². The van der Waals surface area contributed by atoms with Crippen molar-refractivity contribution in [2.45, 2.75) is 20.3 Å². The number of nitrogens with one attached hydrogen (secondary N) is 2. The number of aryl methyl sites for hydroxylation is 1. The van der Waals surface area contributed by atoms with E-state index in [0.29, 0.717) is 5.56 Å². The Morgan fingerprint density at radius 2 is 2.14 bits per heavy atom. The number of hydrogen-bond donors (Lipinski definition) is 2. The van der Waals surface area contributed by atoms with Gasteiger partial charge in [-0.3, -0.25) is 10.2 Å². The fourth-order valence-corrected chi connectivity index (χ4v) is 1.17. The third kappa shape index (κ3) is 2.85. The van der Waals surface area contributed by atoms with E-state index in [9.17, 15) is 4.79 Å². The van der Waals surface area contributed by atoms with Gasteiger partial charge in [-0.15, -0.1) is 0 Å². The SMILES string of the molecule is CCNNC(=O)c1cccc(CC)c1. The number of rotatable bonds is 4. The highest BCUT2D eigenvalue weighted by molar-refractivity contribution is 5.93. The van der Waals surface area contributed by atoms with Crippen molar-refractivity contribution in [2.24, 2.45) is 0 Å². The summed E-state index contributed by atoms with van der Waals surface area (Å²) in [5, 5.41) is 0. The maximum atomic E-state index is 11.5. The number of hydrogen-bond acceptors (Lipinski definition) is 2. The van der Waals surface area contributed by atoms with Crippen LogP contribution in [0.3, 0.4) is 0 Å². The van der Waals surface area contributed by atoms with E-state index in [-0.39, 0.29) is 5.91 Å². The Morgan fingerprint density at radius 1 is 1.36 bits per heavy atom. The molecule has 0 spiro atoms. The second kappa shape index (κ2) is 5.40. The monoisotopic (exact) mass is 192 g/mol. The zero-order chi connectivity index (χ0) is 10.4. The summed E-state index contributed by atoms with van der Waals surface area (Å²) in [6.45, 7) is 4.73. The lowest BCUT2D eigenvalue weighted by Gasteiger charge is -2.05. The first-order chi connectivity index (χ1) is 6.77. The maximum Gasteiger partial charge on any atom is 0.265 e. The van der Waals surface area contributed by atoms with Crippen molar-refractivity contribution >= 4 is 5.91 Å². The lowest BCUT2D eigenvalue weighted by Crippen LogP contribution is -2.37. The molecule has 0 heterocycles. The molecule has 1 amide bonds. The van der Waals surface area contributed by atoms with Crippen molar-refractivity contribution in [3.8, 4) is 0 Å². The molecule has 3 heteroatoms. The molecular weight excluding hydrogens is 176 g/mol. The van der Waals surface area contributed by atoms with Crippen LogP contribution in [0.5, 0.6) is 0 Å². The van der Waals surface area contributed by atoms with E-state index in [0.717, 1.165) is 13.0 Å². The van der Waals surface area contributed by atoms with Crippen LogP contribution in [0, 0.1) is 0 Å². The van der Waals surface area contributed by atoms with Gasteiger partial charge in [-0.1, -0.05) is 26.0 Å². The third-order valence-corrected chi connectivity index (χ3v) is 1.98. The van der Waals surface area contributed by atoms with Crippen LogP contribution in [0.1, 0.15) is 29.8 Å². The minimum Gasteiger partial charge on any atom is -0.287 e. The second-order valence-corrected chi connectivity index (χ2v) is 3.04. The van der Waals surface area contributed by atoms with Gasteiger partial charge in [0.1, 0.15) is 0 Å². The molecule has 0 fully saturated rings. The predicted octanol–water partition coefficient (Wildman–Crippen LogP) is 1.50. The highest BCUT2D eigenvalue weighted by Gasteiger charge is 2.03. The number of carbonyl (C=O) groups is 1. The second-order valence-electron chi connectivity index (χ2n) is 3.04. The molecule has 3 nitrogen and oxygen atoms in total. The molecule has 2 N–H and O–H groups in total. The van der Waals surface area contributed by atoms with Crippen molar-refractivity contribution < 1.29 is 4.79 Å². The summed E-state index contributed by atoms with van der Waals surface area (Å²) in [4.78, 5) is 11.5. The molecule has 14 heavy (non-hydrogen) atoms. The van der Waals surface area contributed by atoms with Gasteiger partial charge in [-0.05, 0) is 24.1 Å². The first-order valence-corrected chi connectivity index (χ1v) is 4.90. The van der Waals surface area contributed by atoms with E-state index in [4.69, 9.17) is 0 Å². The molecule has 76 valence electrons. The van der Waals surface area contributed by atoms with Gasteiger partial charge in [-0.25, -0.2) is 5.43 Å². The topological polar surface area (TPSA) is 41.1 Å². The van der Waals surface area contributed by atoms with Crippen LogP contribution in [-0.2, 0) is 6.42 Å². The summed E-state index contributed by atoms with van der Waals surface area (Å²) in [5.41, 5.74) is 7.27. The molecular formula is C11H16N2O. The van der Waals surface area contributed by atoms with Crippen molar-refractivity contribution in [3.63, 3.8) is 0 Å². The summed E-state index contributed by atoms with van der Waals surface area (Å²) in [6, 6.07) is 7.64. The van der Waals surface area contributed by atoms with Crippen molar-refractivity contribution in [1.82, 2.24) is 10.9 Å². The minimum absolute atomic E-state index is 0.0813. The van der Waals surface area contributed by atoms with Crippen LogP contribution in [0.25, 0.3) is 0 Å². The Morgan fingerprint density at radius 3 is 2.79 bits per heavy atom. The van der Waals surface area contributed by atoms with Crippen molar-refractivity contribution in [1.29, 1.82) is 0 Å². The Hall–Kier alpha value is -1.35. The van der Waals surface area contributed by atoms with Gasteiger partial charge in [0.2, 0.25) is 0 Å². The van der Waals surface area contributed by atoms with Crippen LogP contribution in [0.2, 0.25) is 0 Å². The largest absolute Gasteiger partial charge is 0.287 e. The lowest BCUT2D eigenvalue weighted by atomic mass is 10.1. The first kappa shape index (κ1) is 10.7. The minimum atomic E-state index is -0.0813. The first-order valence-electron chi connectivity index (χ1n) is 4.90. The Bertz CT molecular complexity index is 310. The van der Waals surface area contributed by atoms with E-state index in [2.05, 4.69) is 17.8 Å². The number of benzene rings is 1. The number of carbonyl (C=O) groups excluding carboxylic acids is 1. The molecule has 0 aromatic heterocycles. The molecule has 1 aromatic carbocycles. The fourth-order valence-electron chi connectivity index (χ4n) is 1.17. The zero-order valence-electron chi connectivity index (χ0n) is 8.63. The van der Waals surface area contributed by atoms with Crippen LogP contribution in [0.4, 0.5) is 0 Å². The lowest BCUT2D eigenvalue weighted by molar-refractivity contribution is 0.0934. The highest BCUT2D eigenvalue weighted by Crippen LogP contribution is 2.05. The average Bonchev–Trinajstić information content (AvgIpc) is 2.26. The zero-order valence-corrected chi connectivity index (χ0v) is 8.63. The third-order valence-electron chi connectivity index (χ3n) is 1.98. The fraction of sp³-hybridized carbons (Fsp3) is 0.364. The quantitative estimate of drug-likeness (QED) is 0.710. The maximum absolute atomic E-state index is 11.5. The molecule has 0 atom stereocenters. The molecule has 0 aliphatic carbocycles. The van der Waals surface area contributed by atoms with Crippen LogP contribution in [0.15, 0.2) is 24.3 Å². The Labute approximate surface area is 84.5 Å². The smallest absolute Gasteiger partial charge is 0.265 e. The van der Waals surface area contributed by atoms with Crippen LogP contribution < -0.4 is 10.9 Å². The summed E-state index contributed by atoms with van der Waals surface area (Å²) >= 11 is 0. The van der Waals surface area contributed by atoms with E-state index < -0.39 is 0 Å². The van der Waals surface area contributed by atoms with Gasteiger partial charge in [0.15, 0.2) is 0 Å². The van der Waals surface area contributed by atoms with E-state index in [1.165, 1.54) is 5.56 Å². The molecule has 0 aliphatic heterocycles. The van der Waals surface area contributed by atoms with Crippen LogP contribution >= 0.6 is 0 Å². The molecule has 0 unspecified atom stereocenters. The summed E-state index contributed by atoms with van der Waals surface area (Å²) in [7, 11) is 0. The highest BCUT2D eigenvalue weighted by atomic mass is 16.2. The average molecular weight is 192 g/mol.